The van der Waals surface area contributed by atoms with Crippen LogP contribution in [-0.2, 0) is 17.9 Å². The van der Waals surface area contributed by atoms with Crippen LogP contribution in [0.2, 0.25) is 0 Å². The van der Waals surface area contributed by atoms with Crippen LogP contribution in [0.25, 0.3) is 11.3 Å². The van der Waals surface area contributed by atoms with Crippen molar-refractivity contribution in [2.75, 3.05) is 32.0 Å². The van der Waals surface area contributed by atoms with E-state index in [1.165, 1.54) is 11.1 Å². The fraction of sp³-hybridized carbons (Fsp3) is 0.370. The zero-order chi connectivity index (χ0) is 23.3. The van der Waals surface area contributed by atoms with Gasteiger partial charge >= 0.3 is 0 Å². The van der Waals surface area contributed by atoms with Crippen molar-refractivity contribution in [1.29, 1.82) is 0 Å². The lowest BCUT2D eigenvalue weighted by atomic mass is 10.1. The SMILES string of the molecule is CN1CCCNC(=O)[C@@H]2CCCN2Cc2cccc(c2)Nc2nccc(n2)-c2ccc(cc2)C1. The number of aromatic nitrogens is 2. The maximum Gasteiger partial charge on any atom is 0.237 e. The minimum atomic E-state index is -0.0539. The van der Waals surface area contributed by atoms with Gasteiger partial charge in [-0.05, 0) is 68.7 Å². The molecule has 0 saturated carbocycles. The van der Waals surface area contributed by atoms with Crippen molar-refractivity contribution < 1.29 is 4.79 Å². The summed E-state index contributed by atoms with van der Waals surface area (Å²) in [7, 11) is 2.13. The predicted molar refractivity (Wildman–Crippen MR) is 135 cm³/mol. The molecule has 6 rings (SSSR count). The van der Waals surface area contributed by atoms with E-state index in [-0.39, 0.29) is 11.9 Å². The number of hydrogen-bond acceptors (Lipinski definition) is 6. The first kappa shape index (κ1) is 22.5. The molecule has 3 aliphatic heterocycles. The number of rotatable bonds is 0. The zero-order valence-electron chi connectivity index (χ0n) is 19.7. The van der Waals surface area contributed by atoms with Gasteiger partial charge in [-0.25, -0.2) is 9.97 Å². The van der Waals surface area contributed by atoms with Gasteiger partial charge in [0, 0.05) is 37.1 Å². The summed E-state index contributed by atoms with van der Waals surface area (Å²) in [6.45, 7) is 4.21. The molecule has 6 bridgehead atoms. The van der Waals surface area contributed by atoms with Crippen LogP contribution in [0, 0.1) is 0 Å². The van der Waals surface area contributed by atoms with Gasteiger partial charge in [0.05, 0.1) is 11.7 Å². The topological polar surface area (TPSA) is 73.4 Å². The smallest absolute Gasteiger partial charge is 0.237 e. The van der Waals surface area contributed by atoms with Crippen molar-refractivity contribution in [2.24, 2.45) is 0 Å². The Morgan fingerprint density at radius 1 is 0.971 bits per heavy atom. The minimum Gasteiger partial charge on any atom is -0.355 e. The molecule has 1 fully saturated rings. The molecule has 34 heavy (non-hydrogen) atoms. The van der Waals surface area contributed by atoms with Gasteiger partial charge in [0.25, 0.3) is 0 Å². The molecule has 0 spiro atoms. The van der Waals surface area contributed by atoms with Crippen LogP contribution in [0.1, 0.15) is 30.4 Å². The molecule has 176 valence electrons. The lowest BCUT2D eigenvalue weighted by Crippen LogP contribution is -2.43. The highest BCUT2D eigenvalue weighted by Crippen LogP contribution is 2.24. The van der Waals surface area contributed by atoms with Crippen molar-refractivity contribution in [1.82, 2.24) is 25.1 Å². The van der Waals surface area contributed by atoms with Crippen molar-refractivity contribution in [3.8, 4) is 11.3 Å². The summed E-state index contributed by atoms with van der Waals surface area (Å²) in [6.07, 6.45) is 4.70. The molecule has 0 radical (unpaired) electrons. The van der Waals surface area contributed by atoms with E-state index in [0.29, 0.717) is 12.5 Å². The summed E-state index contributed by atoms with van der Waals surface area (Å²) in [6, 6.07) is 18.7. The molecule has 2 aromatic carbocycles. The fourth-order valence-electron chi connectivity index (χ4n) is 4.85. The third-order valence-electron chi connectivity index (χ3n) is 6.61. The van der Waals surface area contributed by atoms with Crippen LogP contribution in [0.4, 0.5) is 11.6 Å². The molecule has 0 aliphatic carbocycles. The first-order valence-electron chi connectivity index (χ1n) is 12.1. The average Bonchev–Trinajstić information content (AvgIpc) is 3.30. The van der Waals surface area contributed by atoms with E-state index in [9.17, 15) is 4.79 Å². The van der Waals surface area contributed by atoms with Crippen LogP contribution in [0.3, 0.4) is 0 Å². The molecule has 1 aromatic heterocycles. The van der Waals surface area contributed by atoms with Crippen molar-refractivity contribution >= 4 is 17.5 Å². The van der Waals surface area contributed by atoms with E-state index >= 15 is 0 Å². The maximum absolute atomic E-state index is 12.9. The second-order valence-corrected chi connectivity index (χ2v) is 9.30. The third kappa shape index (κ3) is 5.43. The first-order chi connectivity index (χ1) is 16.6. The number of fused-ring (bicyclic) bond motifs is 8. The first-order valence-corrected chi connectivity index (χ1v) is 12.1. The molecular formula is C27H32N6O. The number of carbonyl (C=O) groups is 1. The van der Waals surface area contributed by atoms with Crippen LogP contribution in [0.5, 0.6) is 0 Å². The lowest BCUT2D eigenvalue weighted by molar-refractivity contribution is -0.125. The summed E-state index contributed by atoms with van der Waals surface area (Å²) >= 11 is 0. The standard InChI is InChI=1S/C27H32N6O/c1-32-15-4-13-28-26(34)25-7-3-16-33(25)19-21-5-2-6-23(17-21)30-27-29-14-12-24(31-27)22-10-8-20(18-32)9-11-22/h2,5-6,8-12,14,17,25H,3-4,7,13,15-16,18-19H2,1H3,(H,28,34)(H,29,30,31)/t25-/m0/s1. The second kappa shape index (κ2) is 10.3. The van der Waals surface area contributed by atoms with Crippen LogP contribution in [-0.4, -0.2) is 58.4 Å². The van der Waals surface area contributed by atoms with Gasteiger partial charge in [-0.1, -0.05) is 36.4 Å². The van der Waals surface area contributed by atoms with Crippen molar-refractivity contribution in [2.45, 2.75) is 38.4 Å². The predicted octanol–water partition coefficient (Wildman–Crippen LogP) is 3.80. The largest absolute Gasteiger partial charge is 0.355 e. The summed E-state index contributed by atoms with van der Waals surface area (Å²) in [5.41, 5.74) is 5.33. The molecule has 3 aromatic rings. The number of amides is 1. The maximum atomic E-state index is 12.9. The Morgan fingerprint density at radius 2 is 1.85 bits per heavy atom. The van der Waals surface area contributed by atoms with E-state index in [4.69, 9.17) is 4.98 Å². The van der Waals surface area contributed by atoms with E-state index in [0.717, 1.165) is 62.4 Å². The summed E-state index contributed by atoms with van der Waals surface area (Å²) in [5, 5.41) is 6.53. The highest BCUT2D eigenvalue weighted by molar-refractivity contribution is 5.82. The number of nitrogens with zero attached hydrogens (tertiary/aromatic N) is 4. The Kier molecular flexibility index (Phi) is 6.83. The Bertz CT molecular complexity index is 1130. The fourth-order valence-corrected chi connectivity index (χ4v) is 4.85. The van der Waals surface area contributed by atoms with Gasteiger partial charge in [0.2, 0.25) is 11.9 Å². The summed E-state index contributed by atoms with van der Waals surface area (Å²) in [4.78, 5) is 26.7. The molecule has 1 amide bonds. The molecule has 2 N–H and O–H groups in total. The molecule has 1 atom stereocenters. The number of benzene rings is 2. The van der Waals surface area contributed by atoms with Gasteiger partial charge in [-0.3, -0.25) is 9.69 Å². The van der Waals surface area contributed by atoms with Gasteiger partial charge in [0.15, 0.2) is 0 Å². The molecular weight excluding hydrogens is 424 g/mol. The molecule has 4 heterocycles. The number of carbonyl (C=O) groups excluding carboxylic acids is 1. The number of anilines is 2. The zero-order valence-corrected chi connectivity index (χ0v) is 19.7. The molecule has 7 nitrogen and oxygen atoms in total. The van der Waals surface area contributed by atoms with E-state index in [1.54, 1.807) is 6.20 Å². The number of hydrogen-bond donors (Lipinski definition) is 2. The van der Waals surface area contributed by atoms with E-state index in [2.05, 4.69) is 68.9 Å². The normalized spacial score (nSPS) is 20.1. The van der Waals surface area contributed by atoms with Crippen molar-refractivity contribution in [3.05, 3.63) is 71.9 Å². The Morgan fingerprint density at radius 3 is 2.74 bits per heavy atom. The number of nitrogens with one attached hydrogen (secondary N) is 2. The van der Waals surface area contributed by atoms with Crippen LogP contribution >= 0.6 is 0 Å². The average molecular weight is 457 g/mol. The quantitative estimate of drug-likeness (QED) is 0.536. The molecule has 7 heteroatoms. The Balaban J connectivity index is 1.42. The second-order valence-electron chi connectivity index (χ2n) is 9.30. The summed E-state index contributed by atoms with van der Waals surface area (Å²) in [5.74, 6) is 0.726. The Hall–Kier alpha value is -3.29. The van der Waals surface area contributed by atoms with Gasteiger partial charge in [-0.2, -0.15) is 0 Å². The van der Waals surface area contributed by atoms with E-state index < -0.39 is 0 Å². The van der Waals surface area contributed by atoms with E-state index in [1.807, 2.05) is 18.2 Å². The third-order valence-corrected chi connectivity index (χ3v) is 6.61. The Labute approximate surface area is 201 Å². The van der Waals surface area contributed by atoms with Gasteiger partial charge < -0.3 is 15.5 Å². The molecule has 1 saturated heterocycles. The van der Waals surface area contributed by atoms with Crippen LogP contribution < -0.4 is 10.6 Å². The van der Waals surface area contributed by atoms with Gasteiger partial charge in [-0.15, -0.1) is 0 Å². The molecule has 0 unspecified atom stereocenters. The summed E-state index contributed by atoms with van der Waals surface area (Å²) < 4.78 is 0. The highest BCUT2D eigenvalue weighted by Gasteiger charge is 2.30. The molecule has 3 aliphatic rings. The van der Waals surface area contributed by atoms with Crippen LogP contribution in [0.15, 0.2) is 60.8 Å². The van der Waals surface area contributed by atoms with Crippen molar-refractivity contribution in [3.63, 3.8) is 0 Å². The van der Waals surface area contributed by atoms with Gasteiger partial charge in [0.1, 0.15) is 0 Å². The highest BCUT2D eigenvalue weighted by atomic mass is 16.2. The lowest BCUT2D eigenvalue weighted by Gasteiger charge is -2.24. The monoisotopic (exact) mass is 456 g/mol. The minimum absolute atomic E-state index is 0.0539.